The summed E-state index contributed by atoms with van der Waals surface area (Å²) in [5, 5.41) is 0. The van der Waals surface area contributed by atoms with E-state index < -0.39 is 11.3 Å². The Morgan fingerprint density at radius 2 is 1.37 bits per heavy atom. The minimum absolute atomic E-state index is 0.0569. The molecule has 0 aromatic rings. The molecule has 4 heteroatoms. The van der Waals surface area contributed by atoms with Crippen molar-refractivity contribution in [2.75, 3.05) is 14.1 Å². The predicted octanol–water partition coefficient (Wildman–Crippen LogP) is 2.23. The summed E-state index contributed by atoms with van der Waals surface area (Å²) in [6.45, 7) is 12.7. The highest BCUT2D eigenvalue weighted by molar-refractivity contribution is 5.88. The van der Waals surface area contributed by atoms with Crippen LogP contribution in [0, 0.1) is 0 Å². The normalized spacial score (nSPS) is 32.0. The van der Waals surface area contributed by atoms with E-state index in [4.69, 9.17) is 4.74 Å². The van der Waals surface area contributed by atoms with Gasteiger partial charge in [0.25, 0.3) is 5.91 Å². The van der Waals surface area contributed by atoms with Crippen LogP contribution in [-0.4, -0.2) is 52.2 Å². The molecule has 0 aliphatic carbocycles. The molecule has 0 aromatic carbocycles. The van der Waals surface area contributed by atoms with Crippen molar-refractivity contribution in [1.29, 1.82) is 0 Å². The molecule has 2 aliphatic rings. The number of hydrogen-bond donors (Lipinski definition) is 0. The Bertz CT molecular complexity index is 394. The Balaban J connectivity index is 2.44. The number of carbonyl (C=O) groups is 1. The fraction of sp³-hybridized carbons (Fsp3) is 0.933. The quantitative estimate of drug-likeness (QED) is 0.675. The molecule has 0 bridgehead atoms. The molecule has 1 spiro atoms. The maximum Gasteiger partial charge on any atom is 0.257 e. The average molecular weight is 268 g/mol. The van der Waals surface area contributed by atoms with Gasteiger partial charge in [-0.25, -0.2) is 0 Å². The van der Waals surface area contributed by atoms with Crippen molar-refractivity contribution in [2.24, 2.45) is 0 Å². The zero-order valence-corrected chi connectivity index (χ0v) is 13.6. The summed E-state index contributed by atoms with van der Waals surface area (Å²) >= 11 is 0. The summed E-state index contributed by atoms with van der Waals surface area (Å²) in [5.41, 5.74) is -1.30. The van der Waals surface area contributed by atoms with Crippen molar-refractivity contribution in [2.45, 2.75) is 76.8 Å². The maximum atomic E-state index is 12.8. The third kappa shape index (κ3) is 2.00. The molecule has 0 saturated carbocycles. The Morgan fingerprint density at radius 3 is 1.68 bits per heavy atom. The largest absolute Gasteiger partial charge is 0.340 e. The van der Waals surface area contributed by atoms with Gasteiger partial charge in [-0.1, -0.05) is 0 Å². The van der Waals surface area contributed by atoms with Crippen LogP contribution in [0.4, 0.5) is 0 Å². The molecule has 0 aromatic heterocycles. The maximum absolute atomic E-state index is 12.8. The molecule has 19 heavy (non-hydrogen) atoms. The van der Waals surface area contributed by atoms with Crippen molar-refractivity contribution < 1.29 is 9.53 Å². The van der Waals surface area contributed by atoms with Crippen molar-refractivity contribution in [3.8, 4) is 0 Å². The number of hydrogen-bond acceptors (Lipinski definition) is 3. The molecule has 2 rings (SSSR count). The first-order valence-corrected chi connectivity index (χ1v) is 7.07. The minimum atomic E-state index is -0.669. The summed E-state index contributed by atoms with van der Waals surface area (Å²) in [4.78, 5) is 16.9. The molecule has 110 valence electrons. The third-order valence-electron chi connectivity index (χ3n) is 5.20. The van der Waals surface area contributed by atoms with Crippen LogP contribution in [0.3, 0.4) is 0 Å². The molecule has 0 N–H and O–H groups in total. The average Bonchev–Trinajstić information content (AvgIpc) is 2.35. The van der Waals surface area contributed by atoms with E-state index in [0.29, 0.717) is 0 Å². The molecular weight excluding hydrogens is 240 g/mol. The number of likely N-dealkylation sites (N-methyl/N-ethyl adjacent to an activating group) is 1. The van der Waals surface area contributed by atoms with Crippen LogP contribution in [0.5, 0.6) is 0 Å². The van der Waals surface area contributed by atoms with Crippen LogP contribution in [0.2, 0.25) is 0 Å². The van der Waals surface area contributed by atoms with E-state index in [1.165, 1.54) is 0 Å². The van der Waals surface area contributed by atoms with Gasteiger partial charge in [0.05, 0.1) is 0 Å². The molecule has 1 amide bonds. The fourth-order valence-corrected chi connectivity index (χ4v) is 3.88. The van der Waals surface area contributed by atoms with Gasteiger partial charge >= 0.3 is 0 Å². The summed E-state index contributed by atoms with van der Waals surface area (Å²) in [6, 6.07) is 0. The Morgan fingerprint density at radius 1 is 0.947 bits per heavy atom. The summed E-state index contributed by atoms with van der Waals surface area (Å²) in [5.74, 6) is 0.131. The van der Waals surface area contributed by atoms with Gasteiger partial charge in [-0.05, 0) is 48.6 Å². The molecule has 2 aliphatic heterocycles. The first-order valence-electron chi connectivity index (χ1n) is 7.07. The van der Waals surface area contributed by atoms with Crippen LogP contribution in [0.25, 0.3) is 0 Å². The van der Waals surface area contributed by atoms with E-state index >= 15 is 0 Å². The number of rotatable bonds is 0. The van der Waals surface area contributed by atoms with Gasteiger partial charge in [-0.2, -0.15) is 0 Å². The second kappa shape index (κ2) is 3.73. The highest BCUT2D eigenvalue weighted by atomic mass is 16.6. The Hall–Kier alpha value is -0.610. The summed E-state index contributed by atoms with van der Waals surface area (Å²) in [6.07, 6.45) is 1.49. The lowest BCUT2D eigenvalue weighted by molar-refractivity contribution is -0.180. The first-order chi connectivity index (χ1) is 8.34. The van der Waals surface area contributed by atoms with Gasteiger partial charge in [0.2, 0.25) is 0 Å². The van der Waals surface area contributed by atoms with Crippen molar-refractivity contribution in [1.82, 2.24) is 9.80 Å². The van der Waals surface area contributed by atoms with E-state index in [-0.39, 0.29) is 17.0 Å². The molecule has 0 radical (unpaired) electrons. The number of piperidine rings is 1. The first kappa shape index (κ1) is 14.8. The van der Waals surface area contributed by atoms with Crippen molar-refractivity contribution in [3.05, 3.63) is 0 Å². The monoisotopic (exact) mass is 268 g/mol. The molecule has 2 saturated heterocycles. The number of amides is 1. The molecule has 2 heterocycles. The second-order valence-electron chi connectivity index (χ2n) is 7.94. The van der Waals surface area contributed by atoms with Crippen molar-refractivity contribution in [3.63, 3.8) is 0 Å². The topological polar surface area (TPSA) is 32.8 Å². The third-order valence-corrected chi connectivity index (χ3v) is 5.20. The highest BCUT2D eigenvalue weighted by Gasteiger charge is 2.62. The van der Waals surface area contributed by atoms with E-state index in [1.54, 1.807) is 4.90 Å². The SMILES string of the molecule is CN1C(C)(C)CC2(CC1(C)C)OC(C)(C)N(C)C2=O. The van der Waals surface area contributed by atoms with Gasteiger partial charge in [-0.15, -0.1) is 0 Å². The lowest BCUT2D eigenvalue weighted by atomic mass is 9.71. The predicted molar refractivity (Wildman–Crippen MR) is 75.8 cm³/mol. The zero-order chi connectivity index (χ0) is 14.9. The van der Waals surface area contributed by atoms with Crippen LogP contribution in [-0.2, 0) is 9.53 Å². The van der Waals surface area contributed by atoms with Crippen LogP contribution in [0.1, 0.15) is 54.4 Å². The summed E-state index contributed by atoms with van der Waals surface area (Å²) < 4.78 is 6.27. The Labute approximate surface area is 117 Å². The van der Waals surface area contributed by atoms with Gasteiger partial charge in [0, 0.05) is 31.0 Å². The zero-order valence-electron chi connectivity index (χ0n) is 13.6. The Kier molecular flexibility index (Phi) is 2.90. The second-order valence-corrected chi connectivity index (χ2v) is 7.94. The lowest BCUT2D eigenvalue weighted by Crippen LogP contribution is -2.65. The number of likely N-dealkylation sites (tertiary alicyclic amines) is 1. The van der Waals surface area contributed by atoms with Crippen LogP contribution >= 0.6 is 0 Å². The van der Waals surface area contributed by atoms with Crippen LogP contribution in [0.15, 0.2) is 0 Å². The summed E-state index contributed by atoms with van der Waals surface area (Å²) in [7, 11) is 3.98. The molecular formula is C15H28N2O2. The molecule has 0 unspecified atom stereocenters. The minimum Gasteiger partial charge on any atom is -0.340 e. The number of ether oxygens (including phenoxy) is 1. The van der Waals surface area contributed by atoms with E-state index in [1.807, 2.05) is 20.9 Å². The van der Waals surface area contributed by atoms with Gasteiger partial charge < -0.3 is 9.64 Å². The fourth-order valence-electron chi connectivity index (χ4n) is 3.88. The van der Waals surface area contributed by atoms with Crippen molar-refractivity contribution >= 4 is 5.91 Å². The molecule has 4 nitrogen and oxygen atoms in total. The van der Waals surface area contributed by atoms with E-state index in [9.17, 15) is 4.79 Å². The van der Waals surface area contributed by atoms with Crippen LogP contribution < -0.4 is 0 Å². The van der Waals surface area contributed by atoms with Gasteiger partial charge in [0.15, 0.2) is 5.60 Å². The number of nitrogens with zero attached hydrogens (tertiary/aromatic N) is 2. The standard InChI is InChI=1S/C15H28N2O2/c1-12(2)9-15(10-13(3,4)17(12)8)11(18)16(7)14(5,6)19-15/h9-10H2,1-8H3. The molecule has 2 fully saturated rings. The number of carbonyl (C=O) groups excluding carboxylic acids is 1. The lowest BCUT2D eigenvalue weighted by Gasteiger charge is -2.56. The van der Waals surface area contributed by atoms with Gasteiger partial charge in [-0.3, -0.25) is 9.69 Å². The molecule has 0 atom stereocenters. The van der Waals surface area contributed by atoms with E-state index in [0.717, 1.165) is 12.8 Å². The highest BCUT2D eigenvalue weighted by Crippen LogP contribution is 2.50. The van der Waals surface area contributed by atoms with Gasteiger partial charge in [0.1, 0.15) is 5.72 Å². The van der Waals surface area contributed by atoms with E-state index in [2.05, 4.69) is 39.6 Å². The smallest absolute Gasteiger partial charge is 0.257 e.